The van der Waals surface area contributed by atoms with Crippen LogP contribution >= 0.6 is 0 Å². The van der Waals surface area contributed by atoms with E-state index in [9.17, 15) is 14.0 Å². The number of carbonyl (C=O) groups excluding carboxylic acids is 1. The lowest BCUT2D eigenvalue weighted by Gasteiger charge is -2.28. The first-order chi connectivity index (χ1) is 14.1. The van der Waals surface area contributed by atoms with Crippen LogP contribution in [-0.4, -0.2) is 33.7 Å². The Kier molecular flexibility index (Phi) is 5.12. The Morgan fingerprint density at radius 2 is 1.86 bits per heavy atom. The second-order valence-corrected chi connectivity index (χ2v) is 6.76. The molecule has 1 amide bonds. The van der Waals surface area contributed by atoms with Crippen molar-refractivity contribution in [2.45, 2.75) is 19.9 Å². The number of hydrogen-bond acceptors (Lipinski definition) is 4. The summed E-state index contributed by atoms with van der Waals surface area (Å²) in [5.41, 5.74) is 2.08. The van der Waals surface area contributed by atoms with Gasteiger partial charge in [0.05, 0.1) is 18.4 Å². The predicted octanol–water partition coefficient (Wildman–Crippen LogP) is 2.97. The summed E-state index contributed by atoms with van der Waals surface area (Å²) in [4.78, 5) is 27.3. The van der Waals surface area contributed by atoms with E-state index in [1.807, 2.05) is 24.3 Å². The fourth-order valence-electron chi connectivity index (χ4n) is 3.43. The van der Waals surface area contributed by atoms with Crippen molar-refractivity contribution in [1.82, 2.24) is 14.7 Å². The average molecular weight is 393 g/mol. The molecule has 1 aromatic heterocycles. The maximum absolute atomic E-state index is 13.3. The van der Waals surface area contributed by atoms with Crippen molar-refractivity contribution < 1.29 is 13.9 Å². The summed E-state index contributed by atoms with van der Waals surface area (Å²) in [6, 6.07) is 14.8. The first-order valence-electron chi connectivity index (χ1n) is 9.46. The van der Waals surface area contributed by atoms with Crippen molar-refractivity contribution in [1.29, 1.82) is 0 Å². The van der Waals surface area contributed by atoms with Gasteiger partial charge in [-0.3, -0.25) is 9.59 Å². The lowest BCUT2D eigenvalue weighted by Crippen LogP contribution is -2.39. The Morgan fingerprint density at radius 3 is 2.59 bits per heavy atom. The third kappa shape index (κ3) is 3.76. The molecular formula is C22H20FN3O3. The highest BCUT2D eigenvalue weighted by Crippen LogP contribution is 2.21. The number of halogens is 1. The molecule has 0 atom stereocenters. The molecule has 29 heavy (non-hydrogen) atoms. The number of benzene rings is 2. The number of carbonyl (C=O) groups is 1. The van der Waals surface area contributed by atoms with Gasteiger partial charge in [0.2, 0.25) is 11.3 Å². The van der Waals surface area contributed by atoms with E-state index in [1.54, 1.807) is 11.8 Å². The summed E-state index contributed by atoms with van der Waals surface area (Å²) in [5.74, 6) is -0.621. The first kappa shape index (κ1) is 18.9. The number of fused-ring (bicyclic) bond motifs is 1. The van der Waals surface area contributed by atoms with Crippen molar-refractivity contribution in [3.63, 3.8) is 0 Å². The predicted molar refractivity (Wildman–Crippen MR) is 106 cm³/mol. The molecule has 6 nitrogen and oxygen atoms in total. The summed E-state index contributed by atoms with van der Waals surface area (Å²) >= 11 is 0. The average Bonchev–Trinajstić information content (AvgIpc) is 2.74. The third-order valence-electron chi connectivity index (χ3n) is 4.88. The minimum atomic E-state index is -0.504. The summed E-state index contributed by atoms with van der Waals surface area (Å²) < 4.78 is 20.2. The number of aromatic nitrogens is 2. The van der Waals surface area contributed by atoms with Gasteiger partial charge in [-0.15, -0.1) is 0 Å². The Morgan fingerprint density at radius 1 is 1.14 bits per heavy atom. The van der Waals surface area contributed by atoms with E-state index in [-0.39, 0.29) is 11.6 Å². The van der Waals surface area contributed by atoms with Crippen molar-refractivity contribution in [2.24, 2.45) is 0 Å². The standard InChI is InChI=1S/C22H20FN3O3/c1-2-29-20-13-19(27)21(24-26(20)18-9-7-17(23)8-10-18)22(28)25-12-11-15-5-3-4-6-16(15)14-25/h3-10,13H,2,11-12,14H2,1H3. The molecule has 0 spiro atoms. The maximum atomic E-state index is 13.3. The number of hydrogen-bond donors (Lipinski definition) is 0. The molecule has 7 heteroatoms. The van der Waals surface area contributed by atoms with Gasteiger partial charge in [0.15, 0.2) is 5.69 Å². The summed E-state index contributed by atoms with van der Waals surface area (Å²) in [6.07, 6.45) is 0.727. The minimum absolute atomic E-state index is 0.183. The van der Waals surface area contributed by atoms with Crippen LogP contribution in [0.5, 0.6) is 5.88 Å². The van der Waals surface area contributed by atoms with Gasteiger partial charge >= 0.3 is 0 Å². The first-order valence-corrected chi connectivity index (χ1v) is 9.46. The fourth-order valence-corrected chi connectivity index (χ4v) is 3.43. The van der Waals surface area contributed by atoms with Gasteiger partial charge in [0.1, 0.15) is 5.82 Å². The molecule has 2 aromatic carbocycles. The number of ether oxygens (including phenoxy) is 1. The van der Waals surface area contributed by atoms with Crippen molar-refractivity contribution in [3.8, 4) is 11.6 Å². The summed E-state index contributed by atoms with van der Waals surface area (Å²) in [5, 5.41) is 4.29. The topological polar surface area (TPSA) is 64.4 Å². The van der Waals surface area contributed by atoms with Gasteiger partial charge in [-0.25, -0.2) is 9.07 Å². The van der Waals surface area contributed by atoms with Gasteiger partial charge in [0, 0.05) is 13.1 Å². The van der Waals surface area contributed by atoms with Gasteiger partial charge < -0.3 is 9.64 Å². The number of amides is 1. The van der Waals surface area contributed by atoms with Crippen LogP contribution in [-0.2, 0) is 13.0 Å². The van der Waals surface area contributed by atoms with Gasteiger partial charge in [0.25, 0.3) is 5.91 Å². The molecule has 0 saturated heterocycles. The molecule has 3 aromatic rings. The van der Waals surface area contributed by atoms with Crippen molar-refractivity contribution in [3.05, 3.63) is 87.5 Å². The van der Waals surface area contributed by atoms with Crippen molar-refractivity contribution in [2.75, 3.05) is 13.2 Å². The van der Waals surface area contributed by atoms with Crippen LogP contribution in [0.3, 0.4) is 0 Å². The molecule has 0 unspecified atom stereocenters. The molecule has 148 valence electrons. The Labute approximate surface area is 167 Å². The van der Waals surface area contributed by atoms with E-state index in [0.717, 1.165) is 12.0 Å². The van der Waals surface area contributed by atoms with Crippen LogP contribution in [0.1, 0.15) is 28.5 Å². The third-order valence-corrected chi connectivity index (χ3v) is 4.88. The van der Waals surface area contributed by atoms with Gasteiger partial charge in [-0.2, -0.15) is 5.10 Å². The van der Waals surface area contributed by atoms with Crippen LogP contribution in [0.15, 0.2) is 59.4 Å². The van der Waals surface area contributed by atoms with E-state index < -0.39 is 17.2 Å². The van der Waals surface area contributed by atoms with Gasteiger partial charge in [-0.05, 0) is 48.7 Å². The molecule has 0 saturated carbocycles. The number of nitrogens with zero attached hydrogens (tertiary/aromatic N) is 3. The molecule has 1 aliphatic heterocycles. The Hall–Kier alpha value is -3.48. The largest absolute Gasteiger partial charge is 0.478 e. The molecular weight excluding hydrogens is 373 g/mol. The molecule has 0 N–H and O–H groups in total. The SMILES string of the molecule is CCOc1cc(=O)c(C(=O)N2CCc3ccccc3C2)nn1-c1ccc(F)cc1. The van der Waals surface area contributed by atoms with Crippen LogP contribution in [0.4, 0.5) is 4.39 Å². The highest BCUT2D eigenvalue weighted by Gasteiger charge is 2.26. The second-order valence-electron chi connectivity index (χ2n) is 6.76. The zero-order chi connectivity index (χ0) is 20.4. The molecule has 0 radical (unpaired) electrons. The Balaban J connectivity index is 1.72. The molecule has 0 fully saturated rings. The van der Waals surface area contributed by atoms with Crippen LogP contribution < -0.4 is 10.2 Å². The molecule has 0 aliphatic carbocycles. The van der Waals surface area contributed by atoms with E-state index in [4.69, 9.17) is 4.74 Å². The monoisotopic (exact) mass is 393 g/mol. The van der Waals surface area contributed by atoms with Crippen LogP contribution in [0, 0.1) is 5.82 Å². The maximum Gasteiger partial charge on any atom is 0.278 e. The van der Waals surface area contributed by atoms with E-state index in [1.165, 1.54) is 40.6 Å². The number of rotatable bonds is 4. The lowest BCUT2D eigenvalue weighted by molar-refractivity contribution is 0.0725. The van der Waals surface area contributed by atoms with Crippen molar-refractivity contribution >= 4 is 5.91 Å². The highest BCUT2D eigenvalue weighted by molar-refractivity contribution is 5.92. The molecule has 2 heterocycles. The zero-order valence-corrected chi connectivity index (χ0v) is 16.0. The summed E-state index contributed by atoms with van der Waals surface area (Å²) in [7, 11) is 0. The summed E-state index contributed by atoms with van der Waals surface area (Å²) in [6.45, 7) is 3.04. The van der Waals surface area contributed by atoms with E-state index >= 15 is 0 Å². The van der Waals surface area contributed by atoms with Gasteiger partial charge in [-0.1, -0.05) is 24.3 Å². The minimum Gasteiger partial charge on any atom is -0.478 e. The zero-order valence-electron chi connectivity index (χ0n) is 16.0. The lowest BCUT2D eigenvalue weighted by atomic mass is 10.00. The highest BCUT2D eigenvalue weighted by atomic mass is 19.1. The second kappa shape index (κ2) is 7.87. The van der Waals surface area contributed by atoms with E-state index in [2.05, 4.69) is 5.10 Å². The van der Waals surface area contributed by atoms with Crippen LogP contribution in [0.25, 0.3) is 5.69 Å². The fraction of sp³-hybridized carbons (Fsp3) is 0.227. The molecule has 1 aliphatic rings. The molecule has 4 rings (SSSR count). The molecule has 0 bridgehead atoms. The normalized spacial score (nSPS) is 13.1. The smallest absolute Gasteiger partial charge is 0.278 e. The van der Waals surface area contributed by atoms with Crippen LogP contribution in [0.2, 0.25) is 0 Å². The van der Waals surface area contributed by atoms with E-state index in [0.29, 0.717) is 25.4 Å². The quantitative estimate of drug-likeness (QED) is 0.684. The Bertz CT molecular complexity index is 1110.